The van der Waals surface area contributed by atoms with Gasteiger partial charge in [-0.25, -0.2) is 0 Å². The van der Waals surface area contributed by atoms with Gasteiger partial charge in [-0.15, -0.1) is 0 Å². The first-order valence-corrected chi connectivity index (χ1v) is 5.88. The van der Waals surface area contributed by atoms with Crippen molar-refractivity contribution in [1.29, 1.82) is 0 Å². The topological polar surface area (TPSA) is 32.3 Å². The third-order valence-corrected chi connectivity index (χ3v) is 2.67. The van der Waals surface area contributed by atoms with Gasteiger partial charge in [-0.1, -0.05) is 13.3 Å². The molecule has 0 bridgehead atoms. The highest BCUT2D eigenvalue weighted by molar-refractivity contribution is 5.45. The number of halogens is 3. The van der Waals surface area contributed by atoms with E-state index >= 15 is 0 Å². The molecule has 5 heteroatoms. The van der Waals surface area contributed by atoms with Gasteiger partial charge in [0.1, 0.15) is 0 Å². The standard InChI is InChI=1S/C13H18F3NO/c1-3-8-12(2,18)9-17-11-6-4-10(5-7-11)13(14,15)16/h4-7,17-18H,3,8-9H2,1-2H3. The van der Waals surface area contributed by atoms with Crippen molar-refractivity contribution >= 4 is 5.69 Å². The number of hydrogen-bond donors (Lipinski definition) is 2. The molecule has 0 aliphatic rings. The molecule has 0 aliphatic carbocycles. The molecule has 2 nitrogen and oxygen atoms in total. The Kier molecular flexibility index (Phi) is 4.62. The average Bonchev–Trinajstić information content (AvgIpc) is 2.26. The predicted molar refractivity (Wildman–Crippen MR) is 65.5 cm³/mol. The Morgan fingerprint density at radius 2 is 1.72 bits per heavy atom. The zero-order valence-electron chi connectivity index (χ0n) is 10.5. The van der Waals surface area contributed by atoms with Crippen molar-refractivity contribution in [2.75, 3.05) is 11.9 Å². The maximum Gasteiger partial charge on any atom is 0.416 e. The summed E-state index contributed by atoms with van der Waals surface area (Å²) in [6.45, 7) is 3.98. The van der Waals surface area contributed by atoms with Crippen LogP contribution in [-0.4, -0.2) is 17.3 Å². The van der Waals surface area contributed by atoms with Crippen molar-refractivity contribution in [2.45, 2.75) is 38.5 Å². The lowest BCUT2D eigenvalue weighted by molar-refractivity contribution is -0.137. The summed E-state index contributed by atoms with van der Waals surface area (Å²) in [5, 5.41) is 12.8. The van der Waals surface area contributed by atoms with Gasteiger partial charge in [-0.05, 0) is 37.6 Å². The zero-order valence-corrected chi connectivity index (χ0v) is 10.5. The van der Waals surface area contributed by atoms with Crippen molar-refractivity contribution < 1.29 is 18.3 Å². The zero-order chi connectivity index (χ0) is 13.8. The first-order valence-electron chi connectivity index (χ1n) is 5.88. The summed E-state index contributed by atoms with van der Waals surface area (Å²) in [5.74, 6) is 0. The van der Waals surface area contributed by atoms with Crippen molar-refractivity contribution in [2.24, 2.45) is 0 Å². The van der Waals surface area contributed by atoms with Crippen molar-refractivity contribution in [3.05, 3.63) is 29.8 Å². The van der Waals surface area contributed by atoms with Gasteiger partial charge in [0.05, 0.1) is 11.2 Å². The third kappa shape index (κ3) is 4.56. The van der Waals surface area contributed by atoms with E-state index in [9.17, 15) is 18.3 Å². The SMILES string of the molecule is CCCC(C)(O)CNc1ccc(C(F)(F)F)cc1. The van der Waals surface area contributed by atoms with Crippen LogP contribution >= 0.6 is 0 Å². The van der Waals surface area contributed by atoms with Crippen LogP contribution in [0.3, 0.4) is 0 Å². The van der Waals surface area contributed by atoms with Gasteiger partial charge in [-0.2, -0.15) is 13.2 Å². The van der Waals surface area contributed by atoms with Crippen LogP contribution in [0, 0.1) is 0 Å². The van der Waals surface area contributed by atoms with Crippen LogP contribution in [0.1, 0.15) is 32.3 Å². The minimum absolute atomic E-state index is 0.312. The Hall–Kier alpha value is -1.23. The lowest BCUT2D eigenvalue weighted by atomic mass is 10.0. The van der Waals surface area contributed by atoms with Crippen LogP contribution in [0.2, 0.25) is 0 Å². The summed E-state index contributed by atoms with van der Waals surface area (Å²) in [5.41, 5.74) is -0.954. The fourth-order valence-corrected chi connectivity index (χ4v) is 1.70. The van der Waals surface area contributed by atoms with E-state index in [-0.39, 0.29) is 0 Å². The highest BCUT2D eigenvalue weighted by Gasteiger charge is 2.30. The van der Waals surface area contributed by atoms with Gasteiger partial charge in [-0.3, -0.25) is 0 Å². The van der Waals surface area contributed by atoms with Gasteiger partial charge in [0.15, 0.2) is 0 Å². The lowest BCUT2D eigenvalue weighted by Gasteiger charge is -2.23. The molecule has 1 unspecified atom stereocenters. The second-order valence-electron chi connectivity index (χ2n) is 4.68. The molecule has 0 aromatic heterocycles. The maximum absolute atomic E-state index is 12.3. The average molecular weight is 261 g/mol. The molecule has 0 radical (unpaired) electrons. The molecule has 1 atom stereocenters. The van der Waals surface area contributed by atoms with Gasteiger partial charge >= 0.3 is 6.18 Å². The number of hydrogen-bond acceptors (Lipinski definition) is 2. The quantitative estimate of drug-likeness (QED) is 0.847. The fourth-order valence-electron chi connectivity index (χ4n) is 1.70. The van der Waals surface area contributed by atoms with Crippen LogP contribution in [-0.2, 0) is 6.18 Å². The molecule has 1 aromatic carbocycles. The molecule has 18 heavy (non-hydrogen) atoms. The number of rotatable bonds is 5. The molecular weight excluding hydrogens is 243 g/mol. The van der Waals surface area contributed by atoms with Gasteiger partial charge < -0.3 is 10.4 Å². The van der Waals surface area contributed by atoms with Crippen LogP contribution in [0.15, 0.2) is 24.3 Å². The summed E-state index contributed by atoms with van der Waals surface area (Å²) < 4.78 is 37.0. The maximum atomic E-state index is 12.3. The summed E-state index contributed by atoms with van der Waals surface area (Å²) in [6.07, 6.45) is -2.82. The van der Waals surface area contributed by atoms with Crippen LogP contribution in [0.4, 0.5) is 18.9 Å². The Bertz CT molecular complexity index is 371. The first-order chi connectivity index (χ1) is 8.24. The van der Waals surface area contributed by atoms with E-state index in [0.29, 0.717) is 18.7 Å². The molecule has 2 N–H and O–H groups in total. The van der Waals surface area contributed by atoms with E-state index in [2.05, 4.69) is 5.32 Å². The first kappa shape index (κ1) is 14.8. The summed E-state index contributed by atoms with van der Waals surface area (Å²) in [7, 11) is 0. The second kappa shape index (κ2) is 5.61. The van der Waals surface area contributed by atoms with E-state index in [0.717, 1.165) is 18.6 Å². The second-order valence-corrected chi connectivity index (χ2v) is 4.68. The molecule has 1 rings (SSSR count). The molecule has 0 spiro atoms. The predicted octanol–water partition coefficient (Wildman–Crippen LogP) is 3.67. The van der Waals surface area contributed by atoms with Crippen LogP contribution in [0.5, 0.6) is 0 Å². The Balaban J connectivity index is 2.60. The summed E-state index contributed by atoms with van der Waals surface area (Å²) >= 11 is 0. The molecular formula is C13H18F3NO. The Morgan fingerprint density at radius 1 is 1.17 bits per heavy atom. The van der Waals surface area contributed by atoms with E-state index in [4.69, 9.17) is 0 Å². The monoisotopic (exact) mass is 261 g/mol. The minimum Gasteiger partial charge on any atom is -0.388 e. The van der Waals surface area contributed by atoms with E-state index in [1.54, 1.807) is 6.92 Å². The summed E-state index contributed by atoms with van der Waals surface area (Å²) in [4.78, 5) is 0. The van der Waals surface area contributed by atoms with E-state index in [1.165, 1.54) is 12.1 Å². The molecule has 0 saturated heterocycles. The fraction of sp³-hybridized carbons (Fsp3) is 0.538. The molecule has 1 aromatic rings. The van der Waals surface area contributed by atoms with Crippen molar-refractivity contribution in [3.8, 4) is 0 Å². The van der Waals surface area contributed by atoms with Crippen molar-refractivity contribution in [1.82, 2.24) is 0 Å². The number of aliphatic hydroxyl groups is 1. The molecule has 0 heterocycles. The number of anilines is 1. The van der Waals surface area contributed by atoms with Gasteiger partial charge in [0.25, 0.3) is 0 Å². The number of nitrogens with one attached hydrogen (secondary N) is 1. The third-order valence-electron chi connectivity index (χ3n) is 2.67. The Labute approximate surface area is 105 Å². The van der Waals surface area contributed by atoms with Crippen molar-refractivity contribution in [3.63, 3.8) is 0 Å². The highest BCUT2D eigenvalue weighted by atomic mass is 19.4. The van der Waals surface area contributed by atoms with Gasteiger partial charge in [0.2, 0.25) is 0 Å². The molecule has 0 amide bonds. The van der Waals surface area contributed by atoms with E-state index in [1.807, 2.05) is 6.92 Å². The van der Waals surface area contributed by atoms with E-state index < -0.39 is 17.3 Å². The molecule has 102 valence electrons. The summed E-state index contributed by atoms with van der Waals surface area (Å²) in [6, 6.07) is 4.78. The molecule has 0 saturated carbocycles. The lowest BCUT2D eigenvalue weighted by Crippen LogP contribution is -2.33. The van der Waals surface area contributed by atoms with Gasteiger partial charge in [0, 0.05) is 12.2 Å². The Morgan fingerprint density at radius 3 is 2.17 bits per heavy atom. The largest absolute Gasteiger partial charge is 0.416 e. The smallest absolute Gasteiger partial charge is 0.388 e. The number of benzene rings is 1. The molecule has 0 fully saturated rings. The minimum atomic E-state index is -4.31. The van der Waals surface area contributed by atoms with Crippen LogP contribution < -0.4 is 5.32 Å². The normalized spacial score (nSPS) is 15.2. The van der Waals surface area contributed by atoms with Crippen LogP contribution in [0.25, 0.3) is 0 Å². The number of alkyl halides is 3. The molecule has 0 aliphatic heterocycles. The highest BCUT2D eigenvalue weighted by Crippen LogP contribution is 2.29.